The van der Waals surface area contributed by atoms with E-state index in [9.17, 15) is 4.79 Å². The second-order valence-electron chi connectivity index (χ2n) is 6.59. The smallest absolute Gasteiger partial charge is 0.249 e. The number of nitrogens with zero attached hydrogens (tertiary/aromatic N) is 3. The highest BCUT2D eigenvalue weighted by atomic mass is 16.5. The lowest BCUT2D eigenvalue weighted by atomic mass is 10.1. The van der Waals surface area contributed by atoms with Crippen LogP contribution in [0.4, 0.5) is 0 Å². The zero-order valence-corrected chi connectivity index (χ0v) is 15.2. The van der Waals surface area contributed by atoms with E-state index in [1.54, 1.807) is 7.11 Å². The lowest BCUT2D eigenvalue weighted by molar-refractivity contribution is -0.131. The zero-order chi connectivity index (χ0) is 18.6. The number of aromatic nitrogens is 2. The molecule has 1 aromatic heterocycles. The molecule has 0 bridgehead atoms. The molecule has 0 N–H and O–H groups in total. The molecule has 3 aromatic rings. The first kappa shape index (κ1) is 17.3. The average Bonchev–Trinajstić information content (AvgIpc) is 3.38. The molecule has 1 unspecified atom stereocenters. The number of amides is 1. The van der Waals surface area contributed by atoms with Gasteiger partial charge >= 0.3 is 0 Å². The third kappa shape index (κ3) is 3.69. The van der Waals surface area contributed by atoms with Gasteiger partial charge in [0.2, 0.25) is 17.6 Å². The monoisotopic (exact) mass is 363 g/mol. The lowest BCUT2D eigenvalue weighted by Crippen LogP contribution is -2.32. The Labute approximate surface area is 157 Å². The lowest BCUT2D eigenvalue weighted by Gasteiger charge is -2.22. The van der Waals surface area contributed by atoms with Crippen molar-refractivity contribution < 1.29 is 14.1 Å². The van der Waals surface area contributed by atoms with Crippen molar-refractivity contribution in [2.24, 2.45) is 0 Å². The standard InChI is InChI=1S/C21H21N3O3/c1-26-17-11-9-15(10-12-17)14-19(25)24-13-5-8-18(24)21-22-20(23-27-21)16-6-3-2-4-7-16/h2-4,6-7,9-12,18H,5,8,13-14H2,1H3. The van der Waals surface area contributed by atoms with Gasteiger partial charge in [0.05, 0.1) is 13.5 Å². The van der Waals surface area contributed by atoms with Crippen LogP contribution < -0.4 is 4.74 Å². The number of benzene rings is 2. The molecule has 0 aliphatic carbocycles. The minimum atomic E-state index is -0.152. The van der Waals surface area contributed by atoms with E-state index in [4.69, 9.17) is 9.26 Å². The van der Waals surface area contributed by atoms with Gasteiger partial charge in [-0.3, -0.25) is 4.79 Å². The van der Waals surface area contributed by atoms with E-state index in [0.717, 1.165) is 29.7 Å². The second-order valence-corrected chi connectivity index (χ2v) is 6.59. The van der Waals surface area contributed by atoms with Crippen LogP contribution in [0.5, 0.6) is 5.75 Å². The van der Waals surface area contributed by atoms with Crippen LogP contribution in [0.15, 0.2) is 59.1 Å². The van der Waals surface area contributed by atoms with Crippen molar-refractivity contribution >= 4 is 5.91 Å². The fourth-order valence-electron chi connectivity index (χ4n) is 3.42. The number of hydrogen-bond acceptors (Lipinski definition) is 5. The molecule has 1 atom stereocenters. The molecule has 1 aliphatic rings. The van der Waals surface area contributed by atoms with Crippen LogP contribution in [0.2, 0.25) is 0 Å². The SMILES string of the molecule is COc1ccc(CC(=O)N2CCCC2c2nc(-c3ccccc3)no2)cc1. The first-order valence-corrected chi connectivity index (χ1v) is 9.06. The number of rotatable bonds is 5. The number of ether oxygens (including phenoxy) is 1. The van der Waals surface area contributed by atoms with Gasteiger partial charge in [0.25, 0.3) is 0 Å². The molecule has 138 valence electrons. The predicted octanol–water partition coefficient (Wildman–Crippen LogP) is 3.65. The third-order valence-electron chi connectivity index (χ3n) is 4.85. The van der Waals surface area contributed by atoms with Gasteiger partial charge in [0.1, 0.15) is 11.8 Å². The van der Waals surface area contributed by atoms with E-state index in [-0.39, 0.29) is 11.9 Å². The number of likely N-dealkylation sites (tertiary alicyclic amines) is 1. The molecule has 0 spiro atoms. The molecule has 0 radical (unpaired) electrons. The summed E-state index contributed by atoms with van der Waals surface area (Å²) in [6.07, 6.45) is 2.12. The summed E-state index contributed by atoms with van der Waals surface area (Å²) in [4.78, 5) is 19.2. The molecular weight excluding hydrogens is 342 g/mol. The molecule has 1 fully saturated rings. The summed E-state index contributed by atoms with van der Waals surface area (Å²) < 4.78 is 10.7. The molecule has 2 aromatic carbocycles. The summed E-state index contributed by atoms with van der Waals surface area (Å²) in [7, 11) is 1.63. The van der Waals surface area contributed by atoms with Crippen LogP contribution in [0.25, 0.3) is 11.4 Å². The molecule has 0 saturated carbocycles. The zero-order valence-electron chi connectivity index (χ0n) is 15.2. The fraction of sp³-hybridized carbons (Fsp3) is 0.286. The summed E-state index contributed by atoms with van der Waals surface area (Å²) in [5, 5.41) is 4.09. The fourth-order valence-corrected chi connectivity index (χ4v) is 3.42. The molecule has 1 amide bonds. The Kier molecular flexibility index (Phi) is 4.87. The Morgan fingerprint density at radius 1 is 1.19 bits per heavy atom. The van der Waals surface area contributed by atoms with Gasteiger partial charge in [0, 0.05) is 12.1 Å². The van der Waals surface area contributed by atoms with Crippen molar-refractivity contribution in [1.29, 1.82) is 0 Å². The van der Waals surface area contributed by atoms with Gasteiger partial charge in [0.15, 0.2) is 0 Å². The molecular formula is C21H21N3O3. The molecule has 4 rings (SSSR count). The van der Waals surface area contributed by atoms with Crippen molar-refractivity contribution in [3.05, 3.63) is 66.1 Å². The van der Waals surface area contributed by atoms with Crippen molar-refractivity contribution in [3.63, 3.8) is 0 Å². The summed E-state index contributed by atoms with van der Waals surface area (Å²) in [5.74, 6) is 1.92. The number of carbonyl (C=O) groups excluding carboxylic acids is 1. The molecule has 6 heteroatoms. The Hall–Kier alpha value is -3.15. The summed E-state index contributed by atoms with van der Waals surface area (Å²) in [5.41, 5.74) is 1.86. The summed E-state index contributed by atoms with van der Waals surface area (Å²) in [6, 6.07) is 17.1. The maximum Gasteiger partial charge on any atom is 0.249 e. The number of hydrogen-bond donors (Lipinski definition) is 0. The van der Waals surface area contributed by atoms with Crippen molar-refractivity contribution in [2.45, 2.75) is 25.3 Å². The molecule has 1 aliphatic heterocycles. The minimum Gasteiger partial charge on any atom is -0.497 e. The van der Waals surface area contributed by atoms with E-state index in [1.165, 1.54) is 0 Å². The normalized spacial score (nSPS) is 16.5. The topological polar surface area (TPSA) is 68.5 Å². The van der Waals surface area contributed by atoms with E-state index < -0.39 is 0 Å². The Morgan fingerprint density at radius 3 is 2.70 bits per heavy atom. The number of carbonyl (C=O) groups is 1. The third-order valence-corrected chi connectivity index (χ3v) is 4.85. The van der Waals surface area contributed by atoms with E-state index in [2.05, 4.69) is 10.1 Å². The van der Waals surface area contributed by atoms with Gasteiger partial charge in [-0.05, 0) is 30.5 Å². The molecule has 6 nitrogen and oxygen atoms in total. The van der Waals surface area contributed by atoms with E-state index in [1.807, 2.05) is 59.5 Å². The second kappa shape index (κ2) is 7.61. The maximum absolute atomic E-state index is 12.8. The summed E-state index contributed by atoms with van der Waals surface area (Å²) >= 11 is 0. The van der Waals surface area contributed by atoms with Crippen LogP contribution in [0, 0.1) is 0 Å². The summed E-state index contributed by atoms with van der Waals surface area (Å²) in [6.45, 7) is 0.711. The maximum atomic E-state index is 12.8. The molecule has 2 heterocycles. The highest BCUT2D eigenvalue weighted by molar-refractivity contribution is 5.79. The molecule has 27 heavy (non-hydrogen) atoms. The average molecular weight is 363 g/mol. The van der Waals surface area contributed by atoms with Crippen molar-refractivity contribution in [1.82, 2.24) is 15.0 Å². The van der Waals surface area contributed by atoms with Crippen molar-refractivity contribution in [3.8, 4) is 17.1 Å². The Bertz CT molecular complexity index is 906. The Balaban J connectivity index is 1.48. The Morgan fingerprint density at radius 2 is 1.96 bits per heavy atom. The van der Waals surface area contributed by atoms with Crippen LogP contribution in [-0.4, -0.2) is 34.6 Å². The van der Waals surface area contributed by atoms with Gasteiger partial charge in [-0.25, -0.2) is 0 Å². The largest absolute Gasteiger partial charge is 0.497 e. The van der Waals surface area contributed by atoms with E-state index in [0.29, 0.717) is 24.7 Å². The van der Waals surface area contributed by atoms with Crippen LogP contribution >= 0.6 is 0 Å². The van der Waals surface area contributed by atoms with Gasteiger partial charge in [-0.1, -0.05) is 47.6 Å². The number of methoxy groups -OCH3 is 1. The van der Waals surface area contributed by atoms with Gasteiger partial charge < -0.3 is 14.2 Å². The highest BCUT2D eigenvalue weighted by Gasteiger charge is 2.34. The van der Waals surface area contributed by atoms with Crippen LogP contribution in [0.3, 0.4) is 0 Å². The van der Waals surface area contributed by atoms with Crippen LogP contribution in [0.1, 0.15) is 30.3 Å². The first-order chi connectivity index (χ1) is 13.2. The van der Waals surface area contributed by atoms with Crippen LogP contribution in [-0.2, 0) is 11.2 Å². The van der Waals surface area contributed by atoms with Gasteiger partial charge in [-0.15, -0.1) is 0 Å². The minimum absolute atomic E-state index is 0.0714. The first-order valence-electron chi connectivity index (χ1n) is 9.06. The highest BCUT2D eigenvalue weighted by Crippen LogP contribution is 2.32. The predicted molar refractivity (Wildman–Crippen MR) is 100 cm³/mol. The van der Waals surface area contributed by atoms with E-state index >= 15 is 0 Å². The van der Waals surface area contributed by atoms with Gasteiger partial charge in [-0.2, -0.15) is 4.98 Å². The quantitative estimate of drug-likeness (QED) is 0.692. The van der Waals surface area contributed by atoms with Crippen molar-refractivity contribution in [2.75, 3.05) is 13.7 Å². The molecule has 1 saturated heterocycles.